The molecule has 0 bridgehead atoms. The van der Waals surface area contributed by atoms with E-state index in [9.17, 15) is 13.2 Å². The lowest BCUT2D eigenvalue weighted by molar-refractivity contribution is -0.137. The molecule has 0 nitrogen and oxygen atoms in total. The first-order valence-corrected chi connectivity index (χ1v) is 3.62. The van der Waals surface area contributed by atoms with Crippen molar-refractivity contribution in [3.63, 3.8) is 0 Å². The zero-order chi connectivity index (χ0) is 9.35. The molecule has 74 valence electrons. The average molecular weight is 211 g/mol. The number of hydrogen-bond acceptors (Lipinski definition) is 0. The number of rotatable bonds is 0. The van der Waals surface area contributed by atoms with Gasteiger partial charge in [-0.15, -0.1) is 0 Å². The Morgan fingerprint density at radius 3 is 2.15 bits per heavy atom. The minimum atomic E-state index is -4.31. The lowest BCUT2D eigenvalue weighted by Crippen LogP contribution is -2.04. The van der Waals surface area contributed by atoms with Crippen molar-refractivity contribution >= 4 is 11.6 Å². The van der Waals surface area contributed by atoms with Crippen LogP contribution in [0.25, 0.3) is 0 Å². The second-order valence-electron chi connectivity index (χ2n) is 2.46. The minimum absolute atomic E-state index is 0. The van der Waals surface area contributed by atoms with Gasteiger partial charge in [0, 0.05) is 5.02 Å². The fourth-order valence-corrected chi connectivity index (χ4v) is 0.950. The Kier molecular flexibility index (Phi) is 3.79. The molecule has 0 amide bonds. The molecule has 13 heavy (non-hydrogen) atoms. The van der Waals surface area contributed by atoms with E-state index >= 15 is 0 Å². The quantitative estimate of drug-likeness (QED) is 0.599. The van der Waals surface area contributed by atoms with E-state index < -0.39 is 11.7 Å². The predicted octanol–water partition coefficient (Wildman–Crippen LogP) is 4.30. The Morgan fingerprint density at radius 2 is 1.77 bits per heavy atom. The Hall–Kier alpha value is -0.700. The maximum absolute atomic E-state index is 12.0. The Labute approximate surface area is 80.3 Å². The van der Waals surface area contributed by atoms with Crippen LogP contribution in [0, 0.1) is 6.92 Å². The smallest absolute Gasteiger partial charge is 0.166 e. The fourth-order valence-electron chi connectivity index (χ4n) is 0.769. The number of alkyl halides is 3. The molecular formula is C9H10ClF3. The van der Waals surface area contributed by atoms with Gasteiger partial charge in [-0.1, -0.05) is 25.1 Å². The Bertz CT molecular complexity index is 291. The van der Waals surface area contributed by atoms with Crippen molar-refractivity contribution in [1.82, 2.24) is 0 Å². The van der Waals surface area contributed by atoms with Gasteiger partial charge in [-0.05, 0) is 24.6 Å². The first-order valence-electron chi connectivity index (χ1n) is 3.24. The first kappa shape index (κ1) is 12.3. The molecule has 0 saturated heterocycles. The van der Waals surface area contributed by atoms with Gasteiger partial charge in [0.2, 0.25) is 0 Å². The fraction of sp³-hybridized carbons (Fsp3) is 0.333. The van der Waals surface area contributed by atoms with Gasteiger partial charge in [-0.25, -0.2) is 0 Å². The van der Waals surface area contributed by atoms with E-state index in [4.69, 9.17) is 11.6 Å². The Balaban J connectivity index is 0.00000144. The largest absolute Gasteiger partial charge is 0.416 e. The van der Waals surface area contributed by atoms with Crippen LogP contribution in [0.4, 0.5) is 13.2 Å². The van der Waals surface area contributed by atoms with Crippen LogP contribution in [0.1, 0.15) is 18.6 Å². The highest BCUT2D eigenvalue weighted by atomic mass is 35.5. The average Bonchev–Trinajstić information content (AvgIpc) is 1.92. The van der Waals surface area contributed by atoms with E-state index in [0.717, 1.165) is 12.1 Å². The molecule has 1 rings (SSSR count). The molecule has 4 heteroatoms. The standard InChI is InChI=1S/C8H6ClF3.CH4/c1-5-2-3-6(4-7(5)9)8(10,11)12;/h2-4H,1H3;1H4. The summed E-state index contributed by atoms with van der Waals surface area (Å²) < 4.78 is 36.1. The minimum Gasteiger partial charge on any atom is -0.166 e. The molecule has 0 saturated carbocycles. The summed E-state index contributed by atoms with van der Waals surface area (Å²) in [7, 11) is 0. The zero-order valence-electron chi connectivity index (χ0n) is 6.24. The van der Waals surface area contributed by atoms with Gasteiger partial charge >= 0.3 is 6.18 Å². The summed E-state index contributed by atoms with van der Waals surface area (Å²) in [5, 5.41) is 0.143. The maximum atomic E-state index is 12.0. The summed E-state index contributed by atoms with van der Waals surface area (Å²) in [5.74, 6) is 0. The summed E-state index contributed by atoms with van der Waals surface area (Å²) >= 11 is 5.52. The SMILES string of the molecule is C.Cc1ccc(C(F)(F)F)cc1Cl. The van der Waals surface area contributed by atoms with Crippen LogP contribution in [0.5, 0.6) is 0 Å². The maximum Gasteiger partial charge on any atom is 0.416 e. The highest BCUT2D eigenvalue weighted by Gasteiger charge is 2.30. The van der Waals surface area contributed by atoms with E-state index in [-0.39, 0.29) is 12.4 Å². The lowest BCUT2D eigenvalue weighted by Gasteiger charge is -2.07. The van der Waals surface area contributed by atoms with Gasteiger partial charge in [-0.3, -0.25) is 0 Å². The molecule has 0 atom stereocenters. The summed E-state index contributed by atoms with van der Waals surface area (Å²) in [6, 6.07) is 3.29. The van der Waals surface area contributed by atoms with Crippen LogP contribution in [0.15, 0.2) is 18.2 Å². The molecule has 0 fully saturated rings. The third kappa shape index (κ3) is 2.92. The van der Waals surface area contributed by atoms with Crippen LogP contribution < -0.4 is 0 Å². The molecule has 0 aliphatic carbocycles. The number of halogens is 4. The third-order valence-corrected chi connectivity index (χ3v) is 1.91. The predicted molar refractivity (Wildman–Crippen MR) is 47.9 cm³/mol. The number of benzene rings is 1. The van der Waals surface area contributed by atoms with Gasteiger partial charge in [0.05, 0.1) is 5.56 Å². The van der Waals surface area contributed by atoms with E-state index in [1.54, 1.807) is 6.92 Å². The summed E-state index contributed by atoms with van der Waals surface area (Å²) in [5.41, 5.74) is -0.0669. The molecule has 0 radical (unpaired) electrons. The molecule has 0 heterocycles. The molecule has 0 aliphatic heterocycles. The van der Waals surface area contributed by atoms with Gasteiger partial charge < -0.3 is 0 Å². The normalized spacial score (nSPS) is 10.8. The number of hydrogen-bond donors (Lipinski definition) is 0. The summed E-state index contributed by atoms with van der Waals surface area (Å²) in [6.07, 6.45) is -4.31. The van der Waals surface area contributed by atoms with Crippen molar-refractivity contribution in [2.75, 3.05) is 0 Å². The topological polar surface area (TPSA) is 0 Å². The first-order chi connectivity index (χ1) is 5.41. The van der Waals surface area contributed by atoms with E-state index in [1.807, 2.05) is 0 Å². The van der Waals surface area contributed by atoms with Crippen molar-refractivity contribution in [2.24, 2.45) is 0 Å². The van der Waals surface area contributed by atoms with E-state index in [1.165, 1.54) is 6.07 Å². The van der Waals surface area contributed by atoms with Crippen LogP contribution >= 0.6 is 11.6 Å². The van der Waals surface area contributed by atoms with Crippen LogP contribution in [0.2, 0.25) is 5.02 Å². The van der Waals surface area contributed by atoms with Gasteiger partial charge in [0.1, 0.15) is 0 Å². The van der Waals surface area contributed by atoms with E-state index in [0.29, 0.717) is 5.56 Å². The lowest BCUT2D eigenvalue weighted by atomic mass is 10.1. The molecule has 0 N–H and O–H groups in total. The monoisotopic (exact) mass is 210 g/mol. The van der Waals surface area contributed by atoms with Crippen molar-refractivity contribution in [1.29, 1.82) is 0 Å². The summed E-state index contributed by atoms with van der Waals surface area (Å²) in [4.78, 5) is 0. The van der Waals surface area contributed by atoms with Crippen molar-refractivity contribution in [3.8, 4) is 0 Å². The second-order valence-corrected chi connectivity index (χ2v) is 2.87. The van der Waals surface area contributed by atoms with Crippen molar-refractivity contribution in [3.05, 3.63) is 34.3 Å². The zero-order valence-corrected chi connectivity index (χ0v) is 7.00. The molecule has 0 spiro atoms. The molecule has 0 aromatic heterocycles. The Morgan fingerprint density at radius 1 is 1.23 bits per heavy atom. The molecule has 0 unspecified atom stereocenters. The van der Waals surface area contributed by atoms with Crippen LogP contribution in [-0.4, -0.2) is 0 Å². The highest BCUT2D eigenvalue weighted by Crippen LogP contribution is 2.31. The van der Waals surface area contributed by atoms with Crippen LogP contribution in [0.3, 0.4) is 0 Å². The van der Waals surface area contributed by atoms with Gasteiger partial charge in [-0.2, -0.15) is 13.2 Å². The van der Waals surface area contributed by atoms with Gasteiger partial charge in [0.25, 0.3) is 0 Å². The molecule has 1 aromatic carbocycles. The number of aryl methyl sites for hydroxylation is 1. The van der Waals surface area contributed by atoms with Gasteiger partial charge in [0.15, 0.2) is 0 Å². The second kappa shape index (κ2) is 4.01. The summed E-state index contributed by atoms with van der Waals surface area (Å²) in [6.45, 7) is 1.66. The molecule has 0 aliphatic rings. The highest BCUT2D eigenvalue weighted by molar-refractivity contribution is 6.31. The molecule has 1 aromatic rings. The van der Waals surface area contributed by atoms with Crippen LogP contribution in [-0.2, 0) is 6.18 Å². The molecular weight excluding hydrogens is 201 g/mol. The third-order valence-electron chi connectivity index (χ3n) is 1.50. The van der Waals surface area contributed by atoms with Crippen molar-refractivity contribution < 1.29 is 13.2 Å². The van der Waals surface area contributed by atoms with E-state index in [2.05, 4.69) is 0 Å². The van der Waals surface area contributed by atoms with Crippen molar-refractivity contribution in [2.45, 2.75) is 20.5 Å².